The number of ether oxygens (including phenoxy) is 3. The fourth-order valence-corrected chi connectivity index (χ4v) is 3.48. The molecule has 1 unspecified atom stereocenters. The maximum absolute atomic E-state index is 11.7. The molecule has 1 saturated heterocycles. The first-order chi connectivity index (χ1) is 12.5. The Morgan fingerprint density at radius 2 is 1.96 bits per heavy atom. The summed E-state index contributed by atoms with van der Waals surface area (Å²) in [4.78, 5) is 11.7. The van der Waals surface area contributed by atoms with Gasteiger partial charge in [-0.3, -0.25) is 0 Å². The number of rotatable bonds is 8. The molecule has 1 heterocycles. The Hall–Kier alpha value is -0.950. The predicted octanol–water partition coefficient (Wildman–Crippen LogP) is 2.71. The van der Waals surface area contributed by atoms with Gasteiger partial charge in [0.15, 0.2) is 6.29 Å². The zero-order valence-corrected chi connectivity index (χ0v) is 16.0. The lowest BCUT2D eigenvalue weighted by molar-refractivity contribution is -0.273. The summed E-state index contributed by atoms with van der Waals surface area (Å²) in [5.41, 5.74) is 0. The number of hydrogen-bond donors (Lipinski definition) is 2. The van der Waals surface area contributed by atoms with Gasteiger partial charge in [0.05, 0.1) is 24.9 Å². The normalized spacial score (nSPS) is 31.8. The lowest BCUT2D eigenvalue weighted by atomic mass is 9.90. The number of hydrogen-bond acceptors (Lipinski definition) is 6. The summed E-state index contributed by atoms with van der Waals surface area (Å²) in [7, 11) is 0. The van der Waals surface area contributed by atoms with Crippen LogP contribution in [0.2, 0.25) is 0 Å². The quantitative estimate of drug-likeness (QED) is 0.505. The summed E-state index contributed by atoms with van der Waals surface area (Å²) < 4.78 is 16.5. The number of aliphatic hydroxyl groups excluding tert-OH is 2. The van der Waals surface area contributed by atoms with Crippen molar-refractivity contribution in [2.45, 2.75) is 95.9 Å². The molecule has 5 atom stereocenters. The molecule has 0 aromatic rings. The third-order valence-electron chi connectivity index (χ3n) is 5.23. The van der Waals surface area contributed by atoms with E-state index in [1.165, 1.54) is 25.3 Å². The first-order valence-electron chi connectivity index (χ1n) is 9.96. The van der Waals surface area contributed by atoms with Crippen LogP contribution in [0.1, 0.15) is 65.2 Å². The summed E-state index contributed by atoms with van der Waals surface area (Å²) in [6.45, 7) is 4.20. The van der Waals surface area contributed by atoms with Crippen LogP contribution in [-0.4, -0.2) is 53.5 Å². The number of aliphatic hydroxyl groups is 2. The fraction of sp³-hybridized carbons (Fsp3) is 0.850. The van der Waals surface area contributed by atoms with Crippen molar-refractivity contribution in [1.82, 2.24) is 0 Å². The average Bonchev–Trinajstić information content (AvgIpc) is 2.62. The molecule has 0 amide bonds. The predicted molar refractivity (Wildman–Crippen MR) is 97.4 cm³/mol. The van der Waals surface area contributed by atoms with E-state index in [0.29, 0.717) is 25.4 Å². The van der Waals surface area contributed by atoms with E-state index >= 15 is 0 Å². The third-order valence-corrected chi connectivity index (χ3v) is 5.23. The molecule has 6 nitrogen and oxygen atoms in total. The number of allylic oxidation sites excluding steroid dienone is 1. The fourth-order valence-electron chi connectivity index (χ4n) is 3.48. The molecule has 1 aliphatic heterocycles. The van der Waals surface area contributed by atoms with Crippen molar-refractivity contribution in [3.8, 4) is 0 Å². The molecule has 1 saturated carbocycles. The van der Waals surface area contributed by atoms with Gasteiger partial charge < -0.3 is 24.4 Å². The monoisotopic (exact) mass is 370 g/mol. The Labute approximate surface area is 156 Å². The second-order valence-corrected chi connectivity index (χ2v) is 7.64. The third kappa shape index (κ3) is 7.35. The van der Waals surface area contributed by atoms with Crippen LogP contribution in [-0.2, 0) is 19.0 Å². The van der Waals surface area contributed by atoms with Gasteiger partial charge >= 0.3 is 5.97 Å². The summed E-state index contributed by atoms with van der Waals surface area (Å²) in [6.07, 6.45) is 8.36. The minimum Gasteiger partial charge on any atom is -0.462 e. The highest BCUT2D eigenvalue weighted by molar-refractivity contribution is 5.81. The molecule has 6 heteroatoms. The van der Waals surface area contributed by atoms with Gasteiger partial charge in [-0.1, -0.05) is 25.3 Å². The van der Waals surface area contributed by atoms with Crippen molar-refractivity contribution in [3.05, 3.63) is 12.2 Å². The molecule has 2 N–H and O–H groups in total. The lowest BCUT2D eigenvalue weighted by Gasteiger charge is -2.36. The smallest absolute Gasteiger partial charge is 0.330 e. The zero-order valence-electron chi connectivity index (χ0n) is 16.0. The van der Waals surface area contributed by atoms with Crippen LogP contribution in [0.25, 0.3) is 0 Å². The van der Waals surface area contributed by atoms with Crippen LogP contribution in [0.15, 0.2) is 12.2 Å². The van der Waals surface area contributed by atoms with Crippen molar-refractivity contribution in [1.29, 1.82) is 0 Å². The van der Waals surface area contributed by atoms with Gasteiger partial charge in [-0.2, -0.15) is 0 Å². The molecule has 2 aliphatic rings. The highest BCUT2D eigenvalue weighted by Gasteiger charge is 2.35. The Kier molecular flexibility index (Phi) is 9.05. The van der Waals surface area contributed by atoms with Gasteiger partial charge in [-0.15, -0.1) is 0 Å². The van der Waals surface area contributed by atoms with Crippen LogP contribution in [0, 0.1) is 5.92 Å². The standard InChI is InChI=1S/C20H34O6/c1-14(25-20-18(22)12-17(21)15(2)26-20)8-6-7-11-19(23)24-13-16-9-4-3-5-10-16/h7,11,14-18,20-22H,3-6,8-10,12-13H2,1-2H3/b11-7+/t14?,15-,17+,18+,20+/m0/s1. The van der Waals surface area contributed by atoms with Crippen molar-refractivity contribution >= 4 is 5.97 Å². The van der Waals surface area contributed by atoms with Gasteiger partial charge in [-0.05, 0) is 45.4 Å². The maximum atomic E-state index is 11.7. The molecule has 26 heavy (non-hydrogen) atoms. The highest BCUT2D eigenvalue weighted by Crippen LogP contribution is 2.24. The zero-order chi connectivity index (χ0) is 18.9. The van der Waals surface area contributed by atoms with Gasteiger partial charge in [0.25, 0.3) is 0 Å². The molecule has 0 aromatic heterocycles. The van der Waals surface area contributed by atoms with E-state index < -0.39 is 18.5 Å². The van der Waals surface area contributed by atoms with Crippen molar-refractivity contribution in [2.75, 3.05) is 6.61 Å². The van der Waals surface area contributed by atoms with E-state index in [2.05, 4.69) is 0 Å². The molecule has 0 aromatic carbocycles. The molecule has 0 spiro atoms. The SMILES string of the molecule is CC(CC/C=C/C(=O)OCC1CCCCC1)O[C@@H]1O[C@@H](C)[C@H](O)C[C@H]1O. The Morgan fingerprint density at radius 3 is 2.69 bits per heavy atom. The molecule has 0 bridgehead atoms. The van der Waals surface area contributed by atoms with Crippen molar-refractivity contribution in [3.63, 3.8) is 0 Å². The van der Waals surface area contributed by atoms with Crippen LogP contribution >= 0.6 is 0 Å². The van der Waals surface area contributed by atoms with Gasteiger partial charge in [0.1, 0.15) is 6.10 Å². The Bertz CT molecular complexity index is 446. The van der Waals surface area contributed by atoms with Crippen LogP contribution in [0.5, 0.6) is 0 Å². The summed E-state index contributed by atoms with van der Waals surface area (Å²) in [6, 6.07) is 0. The summed E-state index contributed by atoms with van der Waals surface area (Å²) in [5, 5.41) is 19.6. The van der Waals surface area contributed by atoms with E-state index in [0.717, 1.165) is 12.8 Å². The van der Waals surface area contributed by atoms with E-state index in [1.807, 2.05) is 6.92 Å². The topological polar surface area (TPSA) is 85.2 Å². The first-order valence-corrected chi connectivity index (χ1v) is 9.96. The molecule has 1 aliphatic carbocycles. The van der Waals surface area contributed by atoms with Crippen molar-refractivity contribution in [2.24, 2.45) is 5.92 Å². The van der Waals surface area contributed by atoms with E-state index in [1.54, 1.807) is 13.0 Å². The molecule has 2 rings (SSSR count). The van der Waals surface area contributed by atoms with E-state index in [9.17, 15) is 15.0 Å². The largest absolute Gasteiger partial charge is 0.462 e. The van der Waals surface area contributed by atoms with Crippen LogP contribution in [0.4, 0.5) is 0 Å². The van der Waals surface area contributed by atoms with E-state index in [4.69, 9.17) is 14.2 Å². The molecular formula is C20H34O6. The second-order valence-electron chi connectivity index (χ2n) is 7.64. The minimum atomic E-state index is -0.825. The van der Waals surface area contributed by atoms with Gasteiger partial charge in [-0.25, -0.2) is 4.79 Å². The highest BCUT2D eigenvalue weighted by atomic mass is 16.7. The number of carbonyl (C=O) groups excluding carboxylic acids is 1. The summed E-state index contributed by atoms with van der Waals surface area (Å²) in [5.74, 6) is 0.246. The van der Waals surface area contributed by atoms with Crippen LogP contribution in [0.3, 0.4) is 0 Å². The Balaban J connectivity index is 1.59. The lowest BCUT2D eigenvalue weighted by Crippen LogP contribution is -2.48. The van der Waals surface area contributed by atoms with Crippen molar-refractivity contribution < 1.29 is 29.2 Å². The Morgan fingerprint density at radius 1 is 1.23 bits per heavy atom. The van der Waals surface area contributed by atoms with Gasteiger partial charge in [0, 0.05) is 12.5 Å². The van der Waals surface area contributed by atoms with E-state index in [-0.39, 0.29) is 24.6 Å². The maximum Gasteiger partial charge on any atom is 0.330 e. The molecule has 150 valence electrons. The molecule has 2 fully saturated rings. The molecule has 0 radical (unpaired) electrons. The minimum absolute atomic E-state index is 0.125. The molecular weight excluding hydrogens is 336 g/mol. The number of esters is 1. The summed E-state index contributed by atoms with van der Waals surface area (Å²) >= 11 is 0. The average molecular weight is 370 g/mol. The van der Waals surface area contributed by atoms with Crippen LogP contribution < -0.4 is 0 Å². The second kappa shape index (κ2) is 11.0. The van der Waals surface area contributed by atoms with Gasteiger partial charge in [0.2, 0.25) is 0 Å². The first kappa shape index (κ1) is 21.4. The number of carbonyl (C=O) groups is 1.